The summed E-state index contributed by atoms with van der Waals surface area (Å²) in [6, 6.07) is 16.9. The van der Waals surface area contributed by atoms with Crippen molar-refractivity contribution in [3.05, 3.63) is 65.2 Å². The molecule has 0 saturated carbocycles. The highest BCUT2D eigenvalue weighted by atomic mass is 16.5. The SMILES string of the molecule is COC1CCN(Cc2ccc(OCC(O)CN3CCc4ccccc4C3)cc2)CC1. The third kappa shape index (κ3) is 5.82. The fourth-order valence-corrected chi connectivity index (χ4v) is 4.51. The second kappa shape index (κ2) is 10.4. The van der Waals surface area contributed by atoms with Crippen LogP contribution < -0.4 is 4.74 Å². The maximum atomic E-state index is 10.4. The van der Waals surface area contributed by atoms with Crippen molar-refractivity contribution in [1.29, 1.82) is 0 Å². The Morgan fingerprint density at radius 2 is 1.70 bits per heavy atom. The molecular formula is C25H34N2O3. The van der Waals surface area contributed by atoms with Gasteiger partial charge in [-0.2, -0.15) is 0 Å². The number of fused-ring (bicyclic) bond motifs is 1. The number of piperidine rings is 1. The Hall–Kier alpha value is -1.92. The summed E-state index contributed by atoms with van der Waals surface area (Å²) in [5.74, 6) is 0.819. The van der Waals surface area contributed by atoms with E-state index in [-0.39, 0.29) is 0 Å². The van der Waals surface area contributed by atoms with Crippen molar-refractivity contribution in [1.82, 2.24) is 9.80 Å². The highest BCUT2D eigenvalue weighted by Gasteiger charge is 2.20. The van der Waals surface area contributed by atoms with Crippen LogP contribution in [0.25, 0.3) is 0 Å². The smallest absolute Gasteiger partial charge is 0.119 e. The molecule has 2 aliphatic rings. The number of rotatable bonds is 8. The maximum absolute atomic E-state index is 10.4. The Bertz CT molecular complexity index is 787. The van der Waals surface area contributed by atoms with Gasteiger partial charge in [0.2, 0.25) is 0 Å². The highest BCUT2D eigenvalue weighted by Crippen LogP contribution is 2.20. The van der Waals surface area contributed by atoms with Crippen molar-refractivity contribution in [2.45, 2.75) is 44.6 Å². The molecule has 1 atom stereocenters. The number of hydrogen-bond acceptors (Lipinski definition) is 5. The molecule has 2 heterocycles. The van der Waals surface area contributed by atoms with E-state index in [2.05, 4.69) is 46.2 Å². The van der Waals surface area contributed by atoms with E-state index in [0.29, 0.717) is 19.3 Å². The second-order valence-electron chi connectivity index (χ2n) is 8.57. The molecule has 0 radical (unpaired) electrons. The fourth-order valence-electron chi connectivity index (χ4n) is 4.51. The molecule has 1 saturated heterocycles. The lowest BCUT2D eigenvalue weighted by Gasteiger charge is -2.31. The predicted molar refractivity (Wildman–Crippen MR) is 119 cm³/mol. The number of likely N-dealkylation sites (tertiary alicyclic amines) is 1. The lowest BCUT2D eigenvalue weighted by atomic mass is 10.00. The molecule has 162 valence electrons. The van der Waals surface area contributed by atoms with E-state index < -0.39 is 6.10 Å². The molecule has 0 aliphatic carbocycles. The number of benzene rings is 2. The zero-order valence-corrected chi connectivity index (χ0v) is 18.0. The van der Waals surface area contributed by atoms with Crippen LogP contribution in [0, 0.1) is 0 Å². The maximum Gasteiger partial charge on any atom is 0.119 e. The van der Waals surface area contributed by atoms with Crippen molar-refractivity contribution >= 4 is 0 Å². The van der Waals surface area contributed by atoms with Crippen LogP contribution in [0.5, 0.6) is 5.75 Å². The molecule has 30 heavy (non-hydrogen) atoms. The van der Waals surface area contributed by atoms with Crippen molar-refractivity contribution < 1.29 is 14.6 Å². The van der Waals surface area contributed by atoms with Crippen LogP contribution in [0.4, 0.5) is 0 Å². The van der Waals surface area contributed by atoms with E-state index in [0.717, 1.165) is 57.7 Å². The van der Waals surface area contributed by atoms with Gasteiger partial charge in [-0.15, -0.1) is 0 Å². The molecule has 0 bridgehead atoms. The summed E-state index contributed by atoms with van der Waals surface area (Å²) in [6.07, 6.45) is 3.20. The minimum atomic E-state index is -0.489. The third-order valence-electron chi connectivity index (χ3n) is 6.32. The molecule has 2 aromatic rings. The van der Waals surface area contributed by atoms with Crippen LogP contribution in [0.2, 0.25) is 0 Å². The molecule has 1 unspecified atom stereocenters. The van der Waals surface area contributed by atoms with Gasteiger partial charge in [-0.25, -0.2) is 0 Å². The van der Waals surface area contributed by atoms with E-state index in [1.807, 2.05) is 19.2 Å². The van der Waals surface area contributed by atoms with Crippen LogP contribution >= 0.6 is 0 Å². The lowest BCUT2D eigenvalue weighted by molar-refractivity contribution is 0.0388. The van der Waals surface area contributed by atoms with Gasteiger partial charge in [-0.05, 0) is 48.1 Å². The molecular weight excluding hydrogens is 376 g/mol. The molecule has 1 N–H and O–H groups in total. The zero-order valence-electron chi connectivity index (χ0n) is 18.0. The number of methoxy groups -OCH3 is 1. The van der Waals surface area contributed by atoms with E-state index in [1.165, 1.54) is 16.7 Å². The lowest BCUT2D eigenvalue weighted by Crippen LogP contribution is -2.38. The third-order valence-corrected chi connectivity index (χ3v) is 6.32. The van der Waals surface area contributed by atoms with Crippen molar-refractivity contribution in [2.24, 2.45) is 0 Å². The Balaban J connectivity index is 1.19. The van der Waals surface area contributed by atoms with Crippen LogP contribution in [0.3, 0.4) is 0 Å². The first-order valence-electron chi connectivity index (χ1n) is 11.1. The number of ether oxygens (including phenoxy) is 2. The molecule has 0 amide bonds. The van der Waals surface area contributed by atoms with Gasteiger partial charge in [0.15, 0.2) is 0 Å². The summed E-state index contributed by atoms with van der Waals surface area (Å²) in [4.78, 5) is 4.79. The minimum Gasteiger partial charge on any atom is -0.491 e. The van der Waals surface area contributed by atoms with Gasteiger partial charge >= 0.3 is 0 Å². The van der Waals surface area contributed by atoms with E-state index >= 15 is 0 Å². The molecule has 5 heteroatoms. The Morgan fingerprint density at radius 3 is 2.43 bits per heavy atom. The van der Waals surface area contributed by atoms with E-state index in [1.54, 1.807) is 0 Å². The molecule has 2 aliphatic heterocycles. The molecule has 4 rings (SSSR count). The Labute approximate surface area is 180 Å². The largest absolute Gasteiger partial charge is 0.491 e. The van der Waals surface area contributed by atoms with Crippen molar-refractivity contribution in [3.63, 3.8) is 0 Å². The predicted octanol–water partition coefficient (Wildman–Crippen LogP) is 3.10. The molecule has 1 fully saturated rings. The Kier molecular flexibility index (Phi) is 7.39. The Morgan fingerprint density at radius 1 is 0.967 bits per heavy atom. The van der Waals surface area contributed by atoms with Gasteiger partial charge in [-0.3, -0.25) is 9.80 Å². The van der Waals surface area contributed by atoms with Gasteiger partial charge < -0.3 is 14.6 Å². The minimum absolute atomic E-state index is 0.321. The summed E-state index contributed by atoms with van der Waals surface area (Å²) in [7, 11) is 1.81. The van der Waals surface area contributed by atoms with Gasteiger partial charge in [0.05, 0.1) is 6.10 Å². The average molecular weight is 411 g/mol. The molecule has 5 nitrogen and oxygen atoms in total. The summed E-state index contributed by atoms with van der Waals surface area (Å²) in [5.41, 5.74) is 4.10. The number of aliphatic hydroxyl groups excluding tert-OH is 1. The standard InChI is InChI=1S/C25H34N2O3/c1-29-24-11-14-26(15-12-24)16-20-6-8-25(9-7-20)30-19-23(28)18-27-13-10-21-4-2-3-5-22(21)17-27/h2-9,23-24,28H,10-19H2,1H3. The van der Waals surface area contributed by atoms with Gasteiger partial charge in [-0.1, -0.05) is 36.4 Å². The van der Waals surface area contributed by atoms with Gasteiger partial charge in [0, 0.05) is 46.4 Å². The summed E-state index contributed by atoms with van der Waals surface area (Å²) in [6.45, 7) is 6.00. The topological polar surface area (TPSA) is 45.2 Å². The van der Waals surface area contributed by atoms with Gasteiger partial charge in [0.1, 0.15) is 18.5 Å². The fraction of sp³-hybridized carbons (Fsp3) is 0.520. The first-order valence-corrected chi connectivity index (χ1v) is 11.1. The molecule has 2 aromatic carbocycles. The van der Waals surface area contributed by atoms with Crippen molar-refractivity contribution in [3.8, 4) is 5.75 Å². The summed E-state index contributed by atoms with van der Waals surface area (Å²) >= 11 is 0. The van der Waals surface area contributed by atoms with Crippen LogP contribution in [0.15, 0.2) is 48.5 Å². The van der Waals surface area contributed by atoms with E-state index in [4.69, 9.17) is 9.47 Å². The first kappa shape index (κ1) is 21.3. The molecule has 0 spiro atoms. The summed E-state index contributed by atoms with van der Waals surface area (Å²) in [5, 5.41) is 10.4. The number of β-amino-alcohol motifs (C(OH)–C–C–N with tert-alkyl or cyclic N) is 1. The average Bonchev–Trinajstić information content (AvgIpc) is 2.79. The summed E-state index contributed by atoms with van der Waals surface area (Å²) < 4.78 is 11.3. The number of nitrogens with zero attached hydrogens (tertiary/aromatic N) is 2. The first-order chi connectivity index (χ1) is 14.7. The number of hydrogen-bond donors (Lipinski definition) is 1. The van der Waals surface area contributed by atoms with E-state index in [9.17, 15) is 5.11 Å². The normalized spacial score (nSPS) is 19.4. The number of aliphatic hydroxyl groups is 1. The zero-order chi connectivity index (χ0) is 20.8. The van der Waals surface area contributed by atoms with Crippen LogP contribution in [-0.4, -0.2) is 67.0 Å². The monoisotopic (exact) mass is 410 g/mol. The second-order valence-corrected chi connectivity index (χ2v) is 8.57. The highest BCUT2D eigenvalue weighted by molar-refractivity contribution is 5.29. The van der Waals surface area contributed by atoms with Gasteiger partial charge in [0.25, 0.3) is 0 Å². The van der Waals surface area contributed by atoms with Crippen LogP contribution in [-0.2, 0) is 24.2 Å². The molecule has 0 aromatic heterocycles. The van der Waals surface area contributed by atoms with Crippen LogP contribution in [0.1, 0.15) is 29.5 Å². The van der Waals surface area contributed by atoms with Crippen molar-refractivity contribution in [2.75, 3.05) is 39.9 Å². The quantitative estimate of drug-likeness (QED) is 0.725.